The summed E-state index contributed by atoms with van der Waals surface area (Å²) in [6.07, 6.45) is 4.52. The Bertz CT molecular complexity index is 602. The third-order valence-electron chi connectivity index (χ3n) is 3.22. The van der Waals surface area contributed by atoms with Gasteiger partial charge in [-0.2, -0.15) is 0 Å². The highest BCUT2D eigenvalue weighted by Crippen LogP contribution is 2.30. The fraction of sp³-hybridized carbons (Fsp3) is 0.294. The maximum atomic E-state index is 8.96. The third-order valence-corrected chi connectivity index (χ3v) is 4.05. The zero-order valence-corrected chi connectivity index (χ0v) is 14.6. The van der Waals surface area contributed by atoms with Crippen LogP contribution in [-0.4, -0.2) is 25.4 Å². The standard InChI is InChI=1S/C17H21NO3S.ClH/c1-20-17-12-13(15(18)8-9-19)6-7-16(17)21-10-2-4-14-5-3-11-22-14;/h2-7,11-12,15,19H,8-10,18H2,1H3;1H/b4-2+;. The summed E-state index contributed by atoms with van der Waals surface area (Å²) in [5.41, 5.74) is 6.91. The van der Waals surface area contributed by atoms with E-state index in [9.17, 15) is 0 Å². The van der Waals surface area contributed by atoms with E-state index in [0.717, 1.165) is 5.56 Å². The van der Waals surface area contributed by atoms with Gasteiger partial charge >= 0.3 is 0 Å². The molecule has 1 heterocycles. The van der Waals surface area contributed by atoms with Crippen LogP contribution in [0.1, 0.15) is 22.9 Å². The quantitative estimate of drug-likeness (QED) is 0.758. The molecule has 3 N–H and O–H groups in total. The number of aliphatic hydroxyl groups excluding tert-OH is 1. The summed E-state index contributed by atoms with van der Waals surface area (Å²) in [7, 11) is 1.60. The maximum absolute atomic E-state index is 8.96. The molecule has 1 atom stereocenters. The van der Waals surface area contributed by atoms with Gasteiger partial charge in [0.2, 0.25) is 0 Å². The predicted molar refractivity (Wildman–Crippen MR) is 97.7 cm³/mol. The van der Waals surface area contributed by atoms with Crippen LogP contribution in [0.4, 0.5) is 0 Å². The molecule has 1 aromatic heterocycles. The molecular formula is C17H22ClNO3S. The first-order valence-corrected chi connectivity index (χ1v) is 7.99. The number of ether oxygens (including phenoxy) is 2. The molecular weight excluding hydrogens is 334 g/mol. The molecule has 0 saturated heterocycles. The molecule has 1 aromatic carbocycles. The van der Waals surface area contributed by atoms with Crippen molar-refractivity contribution in [2.45, 2.75) is 12.5 Å². The Balaban J connectivity index is 0.00000264. The molecule has 23 heavy (non-hydrogen) atoms. The van der Waals surface area contributed by atoms with E-state index in [1.807, 2.05) is 41.8 Å². The van der Waals surface area contributed by atoms with Crippen LogP contribution >= 0.6 is 23.7 Å². The van der Waals surface area contributed by atoms with Crippen LogP contribution in [0.2, 0.25) is 0 Å². The lowest BCUT2D eigenvalue weighted by atomic mass is 10.0. The van der Waals surface area contributed by atoms with Gasteiger partial charge < -0.3 is 20.3 Å². The summed E-state index contributed by atoms with van der Waals surface area (Å²) >= 11 is 1.69. The topological polar surface area (TPSA) is 64.7 Å². The van der Waals surface area contributed by atoms with Gasteiger partial charge in [-0.1, -0.05) is 12.1 Å². The van der Waals surface area contributed by atoms with Gasteiger partial charge in [-0.05, 0) is 47.7 Å². The fourth-order valence-corrected chi connectivity index (χ4v) is 2.67. The zero-order valence-electron chi connectivity index (χ0n) is 13.0. The van der Waals surface area contributed by atoms with Crippen molar-refractivity contribution in [2.75, 3.05) is 20.3 Å². The van der Waals surface area contributed by atoms with Gasteiger partial charge in [-0.25, -0.2) is 0 Å². The van der Waals surface area contributed by atoms with Crippen molar-refractivity contribution in [2.24, 2.45) is 5.73 Å². The minimum atomic E-state index is -0.202. The van der Waals surface area contributed by atoms with Crippen LogP contribution < -0.4 is 15.2 Å². The Morgan fingerprint density at radius 2 is 2.13 bits per heavy atom. The van der Waals surface area contributed by atoms with E-state index in [0.29, 0.717) is 24.5 Å². The molecule has 0 fully saturated rings. The SMILES string of the molecule is COc1cc(C(N)CCO)ccc1OC/C=C/c1cccs1.Cl. The maximum Gasteiger partial charge on any atom is 0.161 e. The van der Waals surface area contributed by atoms with E-state index in [4.69, 9.17) is 20.3 Å². The molecule has 1 unspecified atom stereocenters. The monoisotopic (exact) mass is 355 g/mol. The summed E-state index contributed by atoms with van der Waals surface area (Å²) in [6.45, 7) is 0.533. The summed E-state index contributed by atoms with van der Waals surface area (Å²) in [5, 5.41) is 11.0. The smallest absolute Gasteiger partial charge is 0.161 e. The number of methoxy groups -OCH3 is 1. The van der Waals surface area contributed by atoms with Gasteiger partial charge in [0.15, 0.2) is 11.5 Å². The summed E-state index contributed by atoms with van der Waals surface area (Å²) < 4.78 is 11.1. The minimum absolute atomic E-state index is 0. The molecule has 0 aliphatic heterocycles. The molecule has 0 aliphatic rings. The lowest BCUT2D eigenvalue weighted by molar-refractivity contribution is 0.276. The molecule has 0 saturated carbocycles. The number of halogens is 1. The number of hydrogen-bond donors (Lipinski definition) is 2. The van der Waals surface area contributed by atoms with Crippen LogP contribution in [-0.2, 0) is 0 Å². The van der Waals surface area contributed by atoms with E-state index in [-0.39, 0.29) is 25.1 Å². The first kappa shape index (κ1) is 19.5. The largest absolute Gasteiger partial charge is 0.493 e. The molecule has 0 radical (unpaired) electrons. The summed E-state index contributed by atoms with van der Waals surface area (Å²) in [6, 6.07) is 9.48. The molecule has 6 heteroatoms. The van der Waals surface area contributed by atoms with Crippen molar-refractivity contribution in [3.05, 3.63) is 52.2 Å². The van der Waals surface area contributed by atoms with E-state index in [1.54, 1.807) is 18.4 Å². The van der Waals surface area contributed by atoms with Crippen molar-refractivity contribution in [3.63, 3.8) is 0 Å². The zero-order chi connectivity index (χ0) is 15.8. The Kier molecular flexibility index (Phi) is 8.73. The molecule has 0 bridgehead atoms. The molecule has 2 aromatic rings. The van der Waals surface area contributed by atoms with E-state index < -0.39 is 0 Å². The second kappa shape index (κ2) is 10.3. The number of thiophene rings is 1. The van der Waals surface area contributed by atoms with Crippen molar-refractivity contribution in [1.82, 2.24) is 0 Å². The van der Waals surface area contributed by atoms with Gasteiger partial charge in [-0.3, -0.25) is 0 Å². The predicted octanol–water partition coefficient (Wildman–Crippen LogP) is 3.65. The van der Waals surface area contributed by atoms with Gasteiger partial charge in [0.25, 0.3) is 0 Å². The number of hydrogen-bond acceptors (Lipinski definition) is 5. The van der Waals surface area contributed by atoms with Crippen LogP contribution in [0.15, 0.2) is 41.8 Å². The Morgan fingerprint density at radius 3 is 2.78 bits per heavy atom. The second-order valence-corrected chi connectivity index (χ2v) is 5.74. The number of nitrogens with two attached hydrogens (primary N) is 1. The lowest BCUT2D eigenvalue weighted by Crippen LogP contribution is -2.12. The second-order valence-electron chi connectivity index (χ2n) is 4.76. The highest BCUT2D eigenvalue weighted by atomic mass is 35.5. The average Bonchev–Trinajstić information content (AvgIpc) is 3.05. The molecule has 0 spiro atoms. The molecule has 0 amide bonds. The molecule has 4 nitrogen and oxygen atoms in total. The number of benzene rings is 1. The number of rotatable bonds is 8. The van der Waals surface area contributed by atoms with Gasteiger partial charge in [0, 0.05) is 17.5 Å². The summed E-state index contributed by atoms with van der Waals surface area (Å²) in [4.78, 5) is 1.20. The average molecular weight is 356 g/mol. The first-order chi connectivity index (χ1) is 10.7. The Labute approximate surface area is 147 Å². The van der Waals surface area contributed by atoms with E-state index >= 15 is 0 Å². The highest BCUT2D eigenvalue weighted by molar-refractivity contribution is 7.10. The lowest BCUT2D eigenvalue weighted by Gasteiger charge is -2.14. The van der Waals surface area contributed by atoms with E-state index in [1.165, 1.54) is 4.88 Å². The first-order valence-electron chi connectivity index (χ1n) is 7.12. The highest BCUT2D eigenvalue weighted by Gasteiger charge is 2.10. The van der Waals surface area contributed by atoms with Crippen molar-refractivity contribution in [1.29, 1.82) is 0 Å². The summed E-state index contributed by atoms with van der Waals surface area (Å²) in [5.74, 6) is 1.33. The normalized spacial score (nSPS) is 12.0. The van der Waals surface area contributed by atoms with Crippen molar-refractivity contribution >= 4 is 29.8 Å². The Hall–Kier alpha value is -1.53. The van der Waals surface area contributed by atoms with Crippen molar-refractivity contribution < 1.29 is 14.6 Å². The van der Waals surface area contributed by atoms with Crippen LogP contribution in [0.25, 0.3) is 6.08 Å². The molecule has 2 rings (SSSR count). The van der Waals surface area contributed by atoms with Crippen LogP contribution in [0.3, 0.4) is 0 Å². The van der Waals surface area contributed by atoms with Crippen molar-refractivity contribution in [3.8, 4) is 11.5 Å². The van der Waals surface area contributed by atoms with Gasteiger partial charge in [-0.15, -0.1) is 23.7 Å². The van der Waals surface area contributed by atoms with E-state index in [2.05, 4.69) is 6.07 Å². The number of aliphatic hydroxyl groups is 1. The van der Waals surface area contributed by atoms with Gasteiger partial charge in [0.1, 0.15) is 6.61 Å². The minimum Gasteiger partial charge on any atom is -0.493 e. The Morgan fingerprint density at radius 1 is 1.30 bits per heavy atom. The molecule has 0 aliphatic carbocycles. The van der Waals surface area contributed by atoms with Crippen LogP contribution in [0.5, 0.6) is 11.5 Å². The van der Waals surface area contributed by atoms with Gasteiger partial charge in [0.05, 0.1) is 7.11 Å². The fourth-order valence-electron chi connectivity index (χ4n) is 2.03. The van der Waals surface area contributed by atoms with Crippen LogP contribution in [0, 0.1) is 0 Å². The third kappa shape index (κ3) is 5.88. The molecule has 126 valence electrons.